The lowest BCUT2D eigenvalue weighted by atomic mass is 9.93. The van der Waals surface area contributed by atoms with Crippen LogP contribution in [0.4, 0.5) is 0 Å². The van der Waals surface area contributed by atoms with Crippen LogP contribution in [0.25, 0.3) is 11.1 Å². The maximum Gasteiger partial charge on any atom is 0.142 e. The van der Waals surface area contributed by atoms with E-state index in [2.05, 4.69) is 83.0 Å². The van der Waals surface area contributed by atoms with Crippen molar-refractivity contribution in [2.45, 2.75) is 72.3 Å². The van der Waals surface area contributed by atoms with Crippen molar-refractivity contribution in [1.82, 2.24) is 9.88 Å². The quantitative estimate of drug-likeness (QED) is 0.102. The molecule has 0 aliphatic carbocycles. The lowest BCUT2D eigenvalue weighted by Gasteiger charge is -2.33. The Morgan fingerprint density at radius 1 is 0.913 bits per heavy atom. The van der Waals surface area contributed by atoms with Gasteiger partial charge in [-0.25, -0.2) is 0 Å². The summed E-state index contributed by atoms with van der Waals surface area (Å²) in [5.41, 5.74) is 8.00. The minimum absolute atomic E-state index is 0.283. The van der Waals surface area contributed by atoms with Gasteiger partial charge in [0, 0.05) is 47.5 Å². The fourth-order valence-corrected chi connectivity index (χ4v) is 6.40. The zero-order valence-electron chi connectivity index (χ0n) is 26.8. The third kappa shape index (κ3) is 8.41. The van der Waals surface area contributed by atoms with Crippen LogP contribution < -0.4 is 14.2 Å². The van der Waals surface area contributed by atoms with Gasteiger partial charge in [-0.05, 0) is 92.6 Å². The van der Waals surface area contributed by atoms with Crippen molar-refractivity contribution >= 4 is 27.5 Å². The number of pyridine rings is 1. The lowest BCUT2D eigenvalue weighted by Crippen LogP contribution is -2.36. The number of benzene rings is 3. The minimum atomic E-state index is 0.283. The molecule has 0 N–H and O–H groups in total. The predicted octanol–water partition coefficient (Wildman–Crippen LogP) is 9.59. The van der Waals surface area contributed by atoms with Gasteiger partial charge < -0.3 is 14.2 Å². The van der Waals surface area contributed by atoms with Crippen LogP contribution in [0, 0.1) is 25.2 Å². The van der Waals surface area contributed by atoms with Crippen molar-refractivity contribution in [2.24, 2.45) is 0 Å². The summed E-state index contributed by atoms with van der Waals surface area (Å²) < 4.78 is 18.8. The van der Waals surface area contributed by atoms with Gasteiger partial charge in [-0.1, -0.05) is 64.3 Å². The summed E-state index contributed by atoms with van der Waals surface area (Å²) in [5.74, 6) is 2.20. The second-order valence-electron chi connectivity index (χ2n) is 11.9. The molecule has 8 heteroatoms. The van der Waals surface area contributed by atoms with Crippen LogP contribution in [-0.2, 0) is 19.8 Å². The summed E-state index contributed by atoms with van der Waals surface area (Å²) in [7, 11) is 0. The summed E-state index contributed by atoms with van der Waals surface area (Å²) in [6.07, 6.45) is 7.86. The highest BCUT2D eigenvalue weighted by Crippen LogP contribution is 2.37. The van der Waals surface area contributed by atoms with E-state index in [1.807, 2.05) is 18.2 Å². The largest absolute Gasteiger partial charge is 0.493 e. The monoisotopic (exact) mass is 701 g/mol. The second kappa shape index (κ2) is 16.3. The fraction of sp³-hybridized carbons (Fsp3) is 0.368. The van der Waals surface area contributed by atoms with Gasteiger partial charge in [-0.2, -0.15) is 5.26 Å². The first-order chi connectivity index (χ1) is 22.4. The maximum atomic E-state index is 9.31. The maximum absolute atomic E-state index is 9.31. The Morgan fingerprint density at radius 3 is 2.48 bits per heavy atom. The Balaban J connectivity index is 1.38. The van der Waals surface area contributed by atoms with E-state index in [4.69, 9.17) is 25.8 Å². The van der Waals surface area contributed by atoms with E-state index in [0.717, 1.165) is 75.3 Å². The van der Waals surface area contributed by atoms with E-state index in [-0.39, 0.29) is 6.61 Å². The van der Waals surface area contributed by atoms with Crippen LogP contribution in [0.2, 0.25) is 5.02 Å². The van der Waals surface area contributed by atoms with Gasteiger partial charge >= 0.3 is 0 Å². The van der Waals surface area contributed by atoms with Crippen molar-refractivity contribution in [2.75, 3.05) is 18.5 Å². The molecule has 240 valence electrons. The first-order valence-corrected chi connectivity index (χ1v) is 17.4. The van der Waals surface area contributed by atoms with Crippen LogP contribution in [0.5, 0.6) is 17.2 Å². The third-order valence-electron chi connectivity index (χ3n) is 8.69. The number of ether oxygens (including phenoxy) is 3. The highest BCUT2D eigenvalue weighted by Gasteiger charge is 2.22. The number of piperidine rings is 1. The molecule has 0 saturated carbocycles. The normalized spacial score (nSPS) is 14.9. The van der Waals surface area contributed by atoms with Gasteiger partial charge in [0.25, 0.3) is 0 Å². The Morgan fingerprint density at radius 2 is 1.70 bits per heavy atom. The van der Waals surface area contributed by atoms with Crippen molar-refractivity contribution in [3.63, 3.8) is 0 Å². The smallest absolute Gasteiger partial charge is 0.142 e. The van der Waals surface area contributed by atoms with Gasteiger partial charge in [0.05, 0.1) is 17.2 Å². The average Bonchev–Trinajstić information content (AvgIpc) is 3.06. The fourth-order valence-electron chi connectivity index (χ4n) is 5.93. The molecule has 3 aromatic carbocycles. The number of halogens is 2. The van der Waals surface area contributed by atoms with Crippen LogP contribution in [-0.4, -0.2) is 34.4 Å². The van der Waals surface area contributed by atoms with Crippen LogP contribution in [0.1, 0.15) is 66.0 Å². The number of nitrogens with zero attached hydrogens (tertiary/aromatic N) is 3. The van der Waals surface area contributed by atoms with Crippen molar-refractivity contribution < 1.29 is 14.2 Å². The molecule has 0 bridgehead atoms. The van der Waals surface area contributed by atoms with E-state index in [9.17, 15) is 5.26 Å². The highest BCUT2D eigenvalue weighted by atomic mass is 79.9. The molecule has 1 saturated heterocycles. The summed E-state index contributed by atoms with van der Waals surface area (Å²) in [4.78, 5) is 6.67. The first-order valence-electron chi connectivity index (χ1n) is 15.9. The number of aromatic nitrogens is 1. The number of rotatable bonds is 13. The van der Waals surface area contributed by atoms with Crippen LogP contribution in [0.3, 0.4) is 0 Å². The molecule has 0 amide bonds. The zero-order valence-corrected chi connectivity index (χ0v) is 29.2. The summed E-state index contributed by atoms with van der Waals surface area (Å²) in [6, 6.07) is 20.9. The third-order valence-corrected chi connectivity index (χ3v) is 9.54. The standard InChI is InChI=1S/C38H41BrClN3O3/c1-26-9-4-5-15-43(26)23-32-18-35(40)38(19-37(32)45-24-30-17-29(20-41)21-42-22-30)46-25-31-10-6-11-33(27(31)2)34-12-7-13-36(28(34)3)44-16-8-14-39/h6-7,10-13,17-19,21-22,26H,4-5,8-9,14-16,23-25H2,1-3H3/t26-/m1/s1. The minimum Gasteiger partial charge on any atom is -0.493 e. The molecule has 1 atom stereocenters. The molecule has 0 radical (unpaired) electrons. The highest BCUT2D eigenvalue weighted by molar-refractivity contribution is 9.09. The van der Waals surface area contributed by atoms with Crippen molar-refractivity contribution in [1.29, 1.82) is 5.26 Å². The molecule has 1 fully saturated rings. The Labute approximate surface area is 286 Å². The van der Waals surface area contributed by atoms with Gasteiger partial charge in [0.15, 0.2) is 0 Å². The van der Waals surface area contributed by atoms with Gasteiger partial charge in [0.2, 0.25) is 0 Å². The average molecular weight is 703 g/mol. The molecule has 5 rings (SSSR count). The molecular weight excluding hydrogens is 662 g/mol. The molecule has 4 aromatic rings. The molecule has 2 heterocycles. The number of alkyl halides is 1. The first kappa shape index (κ1) is 33.8. The van der Waals surface area contributed by atoms with E-state index in [0.29, 0.717) is 35.6 Å². The SMILES string of the molecule is Cc1c(COc2cc(OCc3cncc(C#N)c3)c(CN3CCCC[C@H]3C)cc2Cl)cccc1-c1cccc(OCCCBr)c1C. The Kier molecular flexibility index (Phi) is 12.0. The predicted molar refractivity (Wildman–Crippen MR) is 188 cm³/mol. The molecule has 1 aromatic heterocycles. The molecule has 6 nitrogen and oxygen atoms in total. The van der Waals surface area contributed by atoms with E-state index >= 15 is 0 Å². The zero-order chi connectivity index (χ0) is 32.5. The second-order valence-corrected chi connectivity index (χ2v) is 13.1. The molecule has 46 heavy (non-hydrogen) atoms. The number of hydrogen-bond acceptors (Lipinski definition) is 6. The van der Waals surface area contributed by atoms with E-state index in [1.54, 1.807) is 18.5 Å². The van der Waals surface area contributed by atoms with Crippen molar-refractivity contribution in [3.05, 3.63) is 105 Å². The number of hydrogen-bond donors (Lipinski definition) is 0. The van der Waals surface area contributed by atoms with Crippen molar-refractivity contribution in [3.8, 4) is 34.4 Å². The van der Waals surface area contributed by atoms with Gasteiger partial charge in [-0.15, -0.1) is 0 Å². The Hall–Kier alpha value is -3.57. The molecule has 1 aliphatic heterocycles. The summed E-state index contributed by atoms with van der Waals surface area (Å²) in [6.45, 7) is 9.63. The molecule has 0 spiro atoms. The Bertz CT molecular complexity index is 1690. The topological polar surface area (TPSA) is 67.6 Å². The van der Waals surface area contributed by atoms with Gasteiger partial charge in [0.1, 0.15) is 36.5 Å². The number of likely N-dealkylation sites (tertiary alicyclic amines) is 1. The van der Waals surface area contributed by atoms with E-state index in [1.165, 1.54) is 19.3 Å². The van der Waals surface area contributed by atoms with Gasteiger partial charge in [-0.3, -0.25) is 9.88 Å². The molecular formula is C38H41BrClN3O3. The van der Waals surface area contributed by atoms with Crippen LogP contribution >= 0.6 is 27.5 Å². The molecule has 1 aliphatic rings. The lowest BCUT2D eigenvalue weighted by molar-refractivity contribution is 0.150. The number of nitriles is 1. The van der Waals surface area contributed by atoms with Crippen LogP contribution in [0.15, 0.2) is 67.0 Å². The van der Waals surface area contributed by atoms with E-state index < -0.39 is 0 Å². The summed E-state index contributed by atoms with van der Waals surface area (Å²) in [5, 5.41) is 10.8. The summed E-state index contributed by atoms with van der Waals surface area (Å²) >= 11 is 10.4. The molecule has 0 unspecified atom stereocenters.